The van der Waals surface area contributed by atoms with Gasteiger partial charge in [-0.25, -0.2) is 8.42 Å². The van der Waals surface area contributed by atoms with Crippen molar-refractivity contribution in [1.82, 2.24) is 5.32 Å². The lowest BCUT2D eigenvalue weighted by Gasteiger charge is -2.21. The molecule has 1 heterocycles. The second-order valence-electron chi connectivity index (χ2n) is 6.19. The maximum atomic E-state index is 12.3. The van der Waals surface area contributed by atoms with Crippen LogP contribution in [-0.2, 0) is 14.6 Å². The van der Waals surface area contributed by atoms with Crippen molar-refractivity contribution in [1.29, 1.82) is 0 Å². The van der Waals surface area contributed by atoms with Crippen LogP contribution in [0.2, 0.25) is 0 Å². The Hall–Kier alpha value is -1.66. The number of aryl methyl sites for hydroxylation is 1. The SMILES string of the molecule is Cc1ccc(S(=O)(=O)CCC(=O)N[C@@H](c2cccs2)C(C)C)cc1. The van der Waals surface area contributed by atoms with Crippen LogP contribution in [0.15, 0.2) is 46.7 Å². The maximum absolute atomic E-state index is 12.3. The fraction of sp³-hybridized carbons (Fsp3) is 0.389. The third-order valence-electron chi connectivity index (χ3n) is 3.81. The first-order valence-electron chi connectivity index (χ1n) is 7.92. The zero-order valence-corrected chi connectivity index (χ0v) is 15.8. The largest absolute Gasteiger partial charge is 0.348 e. The highest BCUT2D eigenvalue weighted by Gasteiger charge is 2.21. The Kier molecular flexibility index (Phi) is 6.18. The van der Waals surface area contributed by atoms with Gasteiger partial charge in [0.15, 0.2) is 9.84 Å². The molecule has 130 valence electrons. The van der Waals surface area contributed by atoms with Gasteiger partial charge in [-0.05, 0) is 36.4 Å². The van der Waals surface area contributed by atoms with Crippen molar-refractivity contribution in [3.8, 4) is 0 Å². The summed E-state index contributed by atoms with van der Waals surface area (Å²) in [6, 6.07) is 10.6. The highest BCUT2D eigenvalue weighted by Crippen LogP contribution is 2.25. The zero-order chi connectivity index (χ0) is 17.7. The van der Waals surface area contributed by atoms with E-state index in [-0.39, 0.29) is 34.9 Å². The Morgan fingerprint density at radius 1 is 1.17 bits per heavy atom. The smallest absolute Gasteiger partial charge is 0.221 e. The molecular formula is C18H23NO3S2. The van der Waals surface area contributed by atoms with Gasteiger partial charge in [0.1, 0.15) is 0 Å². The summed E-state index contributed by atoms with van der Waals surface area (Å²) >= 11 is 1.59. The molecule has 1 amide bonds. The van der Waals surface area contributed by atoms with Crippen molar-refractivity contribution in [2.75, 3.05) is 5.75 Å². The van der Waals surface area contributed by atoms with E-state index in [1.807, 2.05) is 38.3 Å². The number of benzene rings is 1. The Morgan fingerprint density at radius 2 is 1.83 bits per heavy atom. The molecule has 0 radical (unpaired) electrons. The lowest BCUT2D eigenvalue weighted by molar-refractivity contribution is -0.121. The van der Waals surface area contributed by atoms with E-state index >= 15 is 0 Å². The van der Waals surface area contributed by atoms with E-state index in [9.17, 15) is 13.2 Å². The van der Waals surface area contributed by atoms with Crippen molar-refractivity contribution >= 4 is 27.1 Å². The molecule has 1 N–H and O–H groups in total. The predicted molar refractivity (Wildman–Crippen MR) is 97.9 cm³/mol. The van der Waals surface area contributed by atoms with Crippen molar-refractivity contribution in [3.05, 3.63) is 52.2 Å². The number of amides is 1. The summed E-state index contributed by atoms with van der Waals surface area (Å²) in [6.45, 7) is 5.97. The van der Waals surface area contributed by atoms with Crippen LogP contribution in [0.25, 0.3) is 0 Å². The molecule has 4 nitrogen and oxygen atoms in total. The molecule has 6 heteroatoms. The molecule has 1 atom stereocenters. The van der Waals surface area contributed by atoms with Crippen molar-refractivity contribution in [2.45, 2.75) is 38.1 Å². The number of hydrogen-bond acceptors (Lipinski definition) is 4. The standard InChI is InChI=1S/C18H23NO3S2/c1-13(2)18(16-5-4-11-23-16)19-17(20)10-12-24(21,22)15-8-6-14(3)7-9-15/h4-9,11,13,18H,10,12H2,1-3H3,(H,19,20)/t18-/m1/s1. The summed E-state index contributed by atoms with van der Waals surface area (Å²) in [7, 11) is -3.44. The van der Waals surface area contributed by atoms with Crippen LogP contribution in [-0.4, -0.2) is 20.1 Å². The summed E-state index contributed by atoms with van der Waals surface area (Å²) < 4.78 is 24.6. The van der Waals surface area contributed by atoms with Gasteiger partial charge >= 0.3 is 0 Å². The number of nitrogens with one attached hydrogen (secondary N) is 1. The third-order valence-corrected chi connectivity index (χ3v) is 6.50. The summed E-state index contributed by atoms with van der Waals surface area (Å²) in [5, 5.41) is 4.93. The minimum absolute atomic E-state index is 0.0369. The highest BCUT2D eigenvalue weighted by atomic mass is 32.2. The minimum Gasteiger partial charge on any atom is -0.348 e. The van der Waals surface area contributed by atoms with E-state index in [4.69, 9.17) is 0 Å². The van der Waals surface area contributed by atoms with Crippen LogP contribution >= 0.6 is 11.3 Å². The van der Waals surface area contributed by atoms with Crippen molar-refractivity contribution < 1.29 is 13.2 Å². The Labute approximate surface area is 147 Å². The van der Waals surface area contributed by atoms with Crippen LogP contribution in [0.1, 0.15) is 36.8 Å². The molecule has 24 heavy (non-hydrogen) atoms. The van der Waals surface area contributed by atoms with Crippen molar-refractivity contribution in [3.63, 3.8) is 0 Å². The molecule has 0 spiro atoms. The van der Waals surface area contributed by atoms with Gasteiger partial charge in [-0.1, -0.05) is 37.6 Å². The number of rotatable bonds is 7. The predicted octanol–water partition coefficient (Wildman–Crippen LogP) is 3.73. The van der Waals surface area contributed by atoms with Gasteiger partial charge in [-0.2, -0.15) is 0 Å². The van der Waals surface area contributed by atoms with Crippen LogP contribution in [0, 0.1) is 12.8 Å². The van der Waals surface area contributed by atoms with Crippen LogP contribution in [0.3, 0.4) is 0 Å². The Bertz CT molecular complexity index is 763. The van der Waals surface area contributed by atoms with Gasteiger partial charge in [-0.3, -0.25) is 4.79 Å². The molecule has 0 saturated carbocycles. The molecule has 2 aromatic rings. The molecule has 0 saturated heterocycles. The Morgan fingerprint density at radius 3 is 2.38 bits per heavy atom. The molecule has 0 bridgehead atoms. The summed E-state index contributed by atoms with van der Waals surface area (Å²) in [5.74, 6) is -0.184. The number of sulfone groups is 1. The molecule has 0 aliphatic heterocycles. The van der Waals surface area contributed by atoms with Gasteiger partial charge < -0.3 is 5.32 Å². The van der Waals surface area contributed by atoms with Crippen molar-refractivity contribution in [2.24, 2.45) is 5.92 Å². The van der Waals surface area contributed by atoms with E-state index < -0.39 is 9.84 Å². The third kappa shape index (κ3) is 4.92. The second kappa shape index (κ2) is 7.94. The normalized spacial score (nSPS) is 13.0. The van der Waals surface area contributed by atoms with E-state index in [0.29, 0.717) is 0 Å². The first kappa shape index (κ1) is 18.7. The maximum Gasteiger partial charge on any atom is 0.221 e. The highest BCUT2D eigenvalue weighted by molar-refractivity contribution is 7.91. The molecule has 2 rings (SSSR count). The van der Waals surface area contributed by atoms with Crippen LogP contribution < -0.4 is 5.32 Å². The van der Waals surface area contributed by atoms with Crippen LogP contribution in [0.5, 0.6) is 0 Å². The molecule has 0 fully saturated rings. The number of hydrogen-bond donors (Lipinski definition) is 1. The Balaban J connectivity index is 1.98. The fourth-order valence-electron chi connectivity index (χ4n) is 2.37. The summed E-state index contributed by atoms with van der Waals surface area (Å²) in [4.78, 5) is 13.6. The van der Waals surface area contributed by atoms with Gasteiger partial charge in [0.25, 0.3) is 0 Å². The number of thiophene rings is 1. The quantitative estimate of drug-likeness (QED) is 0.813. The summed E-state index contributed by atoms with van der Waals surface area (Å²) in [6.07, 6.45) is -0.0369. The number of carbonyl (C=O) groups excluding carboxylic acids is 1. The lowest BCUT2D eigenvalue weighted by atomic mass is 10.0. The average Bonchev–Trinajstić information content (AvgIpc) is 3.05. The van der Waals surface area contributed by atoms with Gasteiger partial charge in [0, 0.05) is 11.3 Å². The van der Waals surface area contributed by atoms with Crippen LogP contribution in [0.4, 0.5) is 0 Å². The lowest BCUT2D eigenvalue weighted by Crippen LogP contribution is -2.32. The van der Waals surface area contributed by atoms with E-state index in [1.165, 1.54) is 0 Å². The van der Waals surface area contributed by atoms with E-state index in [1.54, 1.807) is 35.6 Å². The van der Waals surface area contributed by atoms with Gasteiger partial charge in [0.05, 0.1) is 16.7 Å². The molecule has 0 unspecified atom stereocenters. The fourth-order valence-corrected chi connectivity index (χ4v) is 4.56. The van der Waals surface area contributed by atoms with E-state index in [0.717, 1.165) is 10.4 Å². The summed E-state index contributed by atoms with van der Waals surface area (Å²) in [5.41, 5.74) is 1.00. The minimum atomic E-state index is -3.44. The zero-order valence-electron chi connectivity index (χ0n) is 14.2. The second-order valence-corrected chi connectivity index (χ2v) is 9.27. The van der Waals surface area contributed by atoms with E-state index in [2.05, 4.69) is 5.32 Å². The first-order valence-corrected chi connectivity index (χ1v) is 10.4. The van der Waals surface area contributed by atoms with Gasteiger partial charge in [0.2, 0.25) is 5.91 Å². The molecule has 0 aliphatic rings. The van der Waals surface area contributed by atoms with Gasteiger partial charge in [-0.15, -0.1) is 11.3 Å². The average molecular weight is 366 g/mol. The molecule has 1 aromatic carbocycles. The molecule has 1 aromatic heterocycles. The molecular weight excluding hydrogens is 342 g/mol. The number of carbonyl (C=O) groups is 1. The monoisotopic (exact) mass is 365 g/mol. The first-order chi connectivity index (χ1) is 11.3. The topological polar surface area (TPSA) is 63.2 Å². The molecule has 0 aliphatic carbocycles.